The number of thioether (sulfide) groups is 1. The van der Waals surface area contributed by atoms with E-state index >= 15 is 0 Å². The van der Waals surface area contributed by atoms with Crippen LogP contribution in [0.15, 0.2) is 72.4 Å². The Labute approximate surface area is 207 Å². The van der Waals surface area contributed by atoms with E-state index in [4.69, 9.17) is 4.98 Å². The third kappa shape index (κ3) is 4.54. The van der Waals surface area contributed by atoms with Gasteiger partial charge in [0.1, 0.15) is 0 Å². The number of carbonyl (C=O) groups excluding carboxylic acids is 2. The molecule has 3 heterocycles. The smallest absolute Gasteiger partial charge is 0.324 e. The molecule has 1 N–H and O–H groups in total. The number of carbonyl (C=O) groups is 2. The van der Waals surface area contributed by atoms with Gasteiger partial charge in [-0.2, -0.15) is 0 Å². The van der Waals surface area contributed by atoms with Gasteiger partial charge in [0.25, 0.3) is 0 Å². The Balaban J connectivity index is 1.54. The van der Waals surface area contributed by atoms with E-state index < -0.39 is 0 Å². The second-order valence-corrected chi connectivity index (χ2v) is 9.15. The Morgan fingerprint density at radius 2 is 1.97 bits per heavy atom. The quantitative estimate of drug-likeness (QED) is 0.311. The standard InChI is InChI=1S/C26H24N6O2S/c1-3-13-32-24(29-30-26(32)35-16-23(33)31-14-12-27-25(31)34)20-15-22(18-10-8-17(2)9-11-18)28-21-7-5-4-6-19(20)21/h3-11,15H,1,12-14,16H2,2H3,(H,27,34). The van der Waals surface area contributed by atoms with Crippen molar-refractivity contribution in [2.75, 3.05) is 18.8 Å². The van der Waals surface area contributed by atoms with E-state index in [-0.39, 0.29) is 17.7 Å². The highest BCUT2D eigenvalue weighted by Crippen LogP contribution is 2.33. The number of para-hydroxylation sites is 1. The Morgan fingerprint density at radius 3 is 2.71 bits per heavy atom. The number of nitrogens with one attached hydrogen (secondary N) is 1. The molecular formula is C26H24N6O2S. The van der Waals surface area contributed by atoms with Gasteiger partial charge in [-0.3, -0.25) is 14.3 Å². The number of fused-ring (bicyclic) bond motifs is 1. The molecular weight excluding hydrogens is 460 g/mol. The molecule has 2 aromatic carbocycles. The van der Waals surface area contributed by atoms with Crippen LogP contribution in [0.4, 0.5) is 4.79 Å². The van der Waals surface area contributed by atoms with Crippen LogP contribution in [0.2, 0.25) is 0 Å². The summed E-state index contributed by atoms with van der Waals surface area (Å²) in [4.78, 5) is 30.5. The molecule has 1 fully saturated rings. The van der Waals surface area contributed by atoms with E-state index in [1.54, 1.807) is 6.08 Å². The van der Waals surface area contributed by atoms with Gasteiger partial charge in [-0.05, 0) is 19.1 Å². The second-order valence-electron chi connectivity index (χ2n) is 8.21. The first kappa shape index (κ1) is 22.8. The Kier molecular flexibility index (Phi) is 6.33. The zero-order chi connectivity index (χ0) is 24.4. The van der Waals surface area contributed by atoms with Crippen molar-refractivity contribution in [2.45, 2.75) is 18.6 Å². The minimum Gasteiger partial charge on any atom is -0.336 e. The number of rotatable bonds is 7. The molecule has 0 atom stereocenters. The molecule has 1 aliphatic rings. The van der Waals surface area contributed by atoms with Crippen LogP contribution in [-0.2, 0) is 11.3 Å². The Bertz CT molecular complexity index is 1430. The van der Waals surface area contributed by atoms with Gasteiger partial charge in [0.2, 0.25) is 5.91 Å². The highest BCUT2D eigenvalue weighted by Gasteiger charge is 2.27. The lowest BCUT2D eigenvalue weighted by Crippen LogP contribution is -2.35. The lowest BCUT2D eigenvalue weighted by Gasteiger charge is -2.13. The number of aryl methyl sites for hydroxylation is 1. The van der Waals surface area contributed by atoms with Gasteiger partial charge in [0.15, 0.2) is 11.0 Å². The molecule has 0 aliphatic carbocycles. The van der Waals surface area contributed by atoms with Crippen LogP contribution in [0.3, 0.4) is 0 Å². The predicted octanol–water partition coefficient (Wildman–Crippen LogP) is 4.30. The van der Waals surface area contributed by atoms with Crippen LogP contribution < -0.4 is 5.32 Å². The summed E-state index contributed by atoms with van der Waals surface area (Å²) in [5, 5.41) is 13.1. The fraction of sp³-hybridized carbons (Fsp3) is 0.192. The molecule has 1 saturated heterocycles. The van der Waals surface area contributed by atoms with E-state index in [2.05, 4.69) is 53.3 Å². The maximum atomic E-state index is 12.5. The number of hydrogen-bond donors (Lipinski definition) is 1. The SMILES string of the molecule is C=CCn1c(SCC(=O)N2CCNC2=O)nnc1-c1cc(-c2ccc(C)cc2)nc2ccccc12. The molecule has 0 spiro atoms. The van der Waals surface area contributed by atoms with Gasteiger partial charge in [0.05, 0.1) is 17.0 Å². The van der Waals surface area contributed by atoms with E-state index in [1.165, 1.54) is 22.2 Å². The van der Waals surface area contributed by atoms with E-state index in [9.17, 15) is 9.59 Å². The van der Waals surface area contributed by atoms with Crippen molar-refractivity contribution in [2.24, 2.45) is 0 Å². The largest absolute Gasteiger partial charge is 0.336 e. The maximum absolute atomic E-state index is 12.5. The predicted molar refractivity (Wildman–Crippen MR) is 137 cm³/mol. The Morgan fingerprint density at radius 1 is 1.17 bits per heavy atom. The third-order valence-electron chi connectivity index (χ3n) is 5.82. The molecule has 4 aromatic rings. The molecule has 0 radical (unpaired) electrons. The normalized spacial score (nSPS) is 13.3. The molecule has 3 amide bonds. The van der Waals surface area contributed by atoms with Gasteiger partial charge in [-0.1, -0.05) is 65.9 Å². The first-order chi connectivity index (χ1) is 17.0. The third-order valence-corrected chi connectivity index (χ3v) is 6.77. The van der Waals surface area contributed by atoms with E-state index in [0.29, 0.717) is 30.6 Å². The van der Waals surface area contributed by atoms with Crippen LogP contribution in [0.25, 0.3) is 33.5 Å². The molecule has 0 bridgehead atoms. The summed E-state index contributed by atoms with van der Waals surface area (Å²) in [5.41, 5.74) is 4.80. The maximum Gasteiger partial charge on any atom is 0.324 e. The average molecular weight is 485 g/mol. The number of benzene rings is 2. The van der Waals surface area contributed by atoms with Crippen molar-refractivity contribution in [3.05, 3.63) is 72.8 Å². The highest BCUT2D eigenvalue weighted by atomic mass is 32.2. The van der Waals surface area contributed by atoms with Crippen molar-refractivity contribution >= 4 is 34.6 Å². The number of aromatic nitrogens is 4. The minimum absolute atomic E-state index is 0.0917. The van der Waals surface area contributed by atoms with Crippen molar-refractivity contribution in [1.29, 1.82) is 0 Å². The average Bonchev–Trinajstić information content (AvgIpc) is 3.48. The molecule has 1 aliphatic heterocycles. The number of allylic oxidation sites excluding steroid dienone is 1. The summed E-state index contributed by atoms with van der Waals surface area (Å²) in [6.07, 6.45) is 1.77. The second kappa shape index (κ2) is 9.71. The topological polar surface area (TPSA) is 93.0 Å². The van der Waals surface area contributed by atoms with Crippen molar-refractivity contribution < 1.29 is 9.59 Å². The van der Waals surface area contributed by atoms with Gasteiger partial charge in [-0.25, -0.2) is 9.78 Å². The summed E-state index contributed by atoms with van der Waals surface area (Å²) >= 11 is 1.26. The molecule has 35 heavy (non-hydrogen) atoms. The number of imide groups is 1. The minimum atomic E-state index is -0.351. The zero-order valence-electron chi connectivity index (χ0n) is 19.3. The number of urea groups is 1. The van der Waals surface area contributed by atoms with Crippen molar-refractivity contribution in [3.8, 4) is 22.6 Å². The van der Waals surface area contributed by atoms with Crippen LogP contribution in [0.1, 0.15) is 5.56 Å². The number of pyridine rings is 1. The van der Waals surface area contributed by atoms with E-state index in [0.717, 1.165) is 27.7 Å². The first-order valence-corrected chi connectivity index (χ1v) is 12.3. The number of hydrogen-bond acceptors (Lipinski definition) is 6. The number of amides is 3. The molecule has 0 saturated carbocycles. The van der Waals surface area contributed by atoms with Crippen molar-refractivity contribution in [3.63, 3.8) is 0 Å². The summed E-state index contributed by atoms with van der Waals surface area (Å²) in [5.74, 6) is 0.510. The first-order valence-electron chi connectivity index (χ1n) is 11.3. The number of nitrogens with zero attached hydrogens (tertiary/aromatic N) is 5. The van der Waals surface area contributed by atoms with Gasteiger partial charge < -0.3 is 5.32 Å². The lowest BCUT2D eigenvalue weighted by atomic mass is 10.0. The van der Waals surface area contributed by atoms with Gasteiger partial charge in [0, 0.05) is 36.1 Å². The molecule has 5 rings (SSSR count). The van der Waals surface area contributed by atoms with Gasteiger partial charge in [-0.15, -0.1) is 16.8 Å². The van der Waals surface area contributed by atoms with Gasteiger partial charge >= 0.3 is 6.03 Å². The summed E-state index contributed by atoms with van der Waals surface area (Å²) in [7, 11) is 0. The summed E-state index contributed by atoms with van der Waals surface area (Å²) in [6, 6.07) is 17.9. The summed E-state index contributed by atoms with van der Waals surface area (Å²) in [6.45, 7) is 7.28. The zero-order valence-corrected chi connectivity index (χ0v) is 20.1. The molecule has 9 heteroatoms. The van der Waals surface area contributed by atoms with E-state index in [1.807, 2.05) is 34.9 Å². The molecule has 176 valence electrons. The molecule has 8 nitrogen and oxygen atoms in total. The van der Waals surface area contributed by atoms with Crippen LogP contribution in [-0.4, -0.2) is 55.4 Å². The Hall–Kier alpha value is -3.98. The van der Waals surface area contributed by atoms with Crippen LogP contribution in [0, 0.1) is 6.92 Å². The monoisotopic (exact) mass is 484 g/mol. The lowest BCUT2D eigenvalue weighted by molar-refractivity contribution is -0.124. The van der Waals surface area contributed by atoms with Crippen LogP contribution in [0.5, 0.6) is 0 Å². The van der Waals surface area contributed by atoms with Crippen LogP contribution >= 0.6 is 11.8 Å². The molecule has 0 unspecified atom stereocenters. The van der Waals surface area contributed by atoms with Crippen molar-refractivity contribution in [1.82, 2.24) is 30.0 Å². The summed E-state index contributed by atoms with van der Waals surface area (Å²) < 4.78 is 1.94. The molecule has 2 aromatic heterocycles. The fourth-order valence-electron chi connectivity index (χ4n) is 4.03. The fourth-order valence-corrected chi connectivity index (χ4v) is 4.86. The highest BCUT2D eigenvalue weighted by molar-refractivity contribution is 7.99.